The molecule has 4 heteroatoms. The van der Waals surface area contributed by atoms with E-state index < -0.39 is 10.0 Å². The van der Waals surface area contributed by atoms with Gasteiger partial charge >= 0.3 is 0 Å². The number of rotatable bonds is 4. The van der Waals surface area contributed by atoms with Gasteiger partial charge in [-0.25, -0.2) is 8.42 Å². The van der Waals surface area contributed by atoms with E-state index >= 15 is 0 Å². The third-order valence-electron chi connectivity index (χ3n) is 4.03. The molecule has 0 aromatic heterocycles. The lowest BCUT2D eigenvalue weighted by atomic mass is 9.90. The molecular weight excluding hydrogens is 270 g/mol. The van der Waals surface area contributed by atoms with Crippen LogP contribution in [0.25, 0.3) is 0 Å². The van der Waals surface area contributed by atoms with Crippen LogP contribution < -0.4 is 0 Å². The summed E-state index contributed by atoms with van der Waals surface area (Å²) in [5.41, 5.74) is 1.15. The molecule has 0 saturated carbocycles. The van der Waals surface area contributed by atoms with Crippen LogP contribution in [0.1, 0.15) is 45.6 Å². The zero-order chi connectivity index (χ0) is 15.0. The van der Waals surface area contributed by atoms with Gasteiger partial charge in [-0.2, -0.15) is 4.31 Å². The minimum atomic E-state index is -3.36. The summed E-state index contributed by atoms with van der Waals surface area (Å²) in [5, 5.41) is 0. The molecule has 2 rings (SSSR count). The summed E-state index contributed by atoms with van der Waals surface area (Å²) in [6, 6.07) is 7.31. The van der Waals surface area contributed by atoms with Gasteiger partial charge < -0.3 is 0 Å². The van der Waals surface area contributed by atoms with Gasteiger partial charge in [-0.1, -0.05) is 44.9 Å². The quantitative estimate of drug-likeness (QED) is 0.851. The van der Waals surface area contributed by atoms with Crippen molar-refractivity contribution in [2.24, 2.45) is 5.41 Å². The highest BCUT2D eigenvalue weighted by molar-refractivity contribution is 7.89. The van der Waals surface area contributed by atoms with E-state index in [1.54, 1.807) is 16.4 Å². The van der Waals surface area contributed by atoms with Crippen molar-refractivity contribution >= 4 is 10.0 Å². The van der Waals surface area contributed by atoms with Crippen LogP contribution in [0.3, 0.4) is 0 Å². The summed E-state index contributed by atoms with van der Waals surface area (Å²) in [5.74, 6) is 0. The first-order chi connectivity index (χ1) is 9.26. The molecule has 0 aliphatic carbocycles. The Morgan fingerprint density at radius 3 is 2.40 bits per heavy atom. The molecule has 0 bridgehead atoms. The summed E-state index contributed by atoms with van der Waals surface area (Å²) >= 11 is 0. The molecule has 1 heterocycles. The van der Waals surface area contributed by atoms with Crippen LogP contribution in [0.15, 0.2) is 29.2 Å². The molecule has 1 unspecified atom stereocenters. The Morgan fingerprint density at radius 1 is 1.25 bits per heavy atom. The van der Waals surface area contributed by atoms with Crippen molar-refractivity contribution in [2.45, 2.75) is 57.9 Å². The van der Waals surface area contributed by atoms with Crippen molar-refractivity contribution in [1.29, 1.82) is 0 Å². The molecule has 3 nitrogen and oxygen atoms in total. The molecule has 1 aliphatic rings. The summed E-state index contributed by atoms with van der Waals surface area (Å²) in [6.07, 6.45) is 2.90. The lowest BCUT2D eigenvalue weighted by Crippen LogP contribution is -2.36. The molecule has 1 saturated heterocycles. The van der Waals surface area contributed by atoms with Crippen molar-refractivity contribution in [3.8, 4) is 0 Å². The molecule has 1 aromatic carbocycles. The lowest BCUT2D eigenvalue weighted by Gasteiger charge is -2.24. The number of hydrogen-bond donors (Lipinski definition) is 0. The molecule has 112 valence electrons. The topological polar surface area (TPSA) is 37.4 Å². The van der Waals surface area contributed by atoms with Crippen molar-refractivity contribution in [1.82, 2.24) is 4.31 Å². The second-order valence-electron chi connectivity index (χ2n) is 6.67. The molecule has 1 aliphatic heterocycles. The van der Waals surface area contributed by atoms with Gasteiger partial charge in [-0.05, 0) is 37.3 Å². The summed E-state index contributed by atoms with van der Waals surface area (Å²) in [6.45, 7) is 9.01. The molecule has 20 heavy (non-hydrogen) atoms. The van der Waals surface area contributed by atoms with Crippen LogP contribution >= 0.6 is 0 Å². The zero-order valence-electron chi connectivity index (χ0n) is 12.9. The smallest absolute Gasteiger partial charge is 0.207 e. The van der Waals surface area contributed by atoms with Gasteiger partial charge in [0, 0.05) is 12.6 Å². The molecular formula is C16H25NO2S. The second-order valence-corrected chi connectivity index (χ2v) is 8.56. The normalized spacial score (nSPS) is 23.1. The van der Waals surface area contributed by atoms with Crippen molar-refractivity contribution in [2.75, 3.05) is 6.54 Å². The second kappa shape index (κ2) is 5.49. The van der Waals surface area contributed by atoms with Crippen molar-refractivity contribution in [3.63, 3.8) is 0 Å². The van der Waals surface area contributed by atoms with E-state index in [4.69, 9.17) is 0 Å². The predicted molar refractivity (Wildman–Crippen MR) is 82.2 cm³/mol. The third-order valence-corrected chi connectivity index (χ3v) is 5.94. The van der Waals surface area contributed by atoms with Gasteiger partial charge in [0.2, 0.25) is 10.0 Å². The molecule has 1 atom stereocenters. The standard InChI is InChI=1S/C16H25NO2S/c1-5-6-14-11-16(3,4)12-17(14)20(18,19)15-9-7-13(2)8-10-15/h7-10,14H,5-6,11-12H2,1-4H3. The first-order valence-corrected chi connectivity index (χ1v) is 8.79. The number of sulfonamides is 1. The highest BCUT2D eigenvalue weighted by atomic mass is 32.2. The zero-order valence-corrected chi connectivity index (χ0v) is 13.7. The largest absolute Gasteiger partial charge is 0.243 e. The summed E-state index contributed by atoms with van der Waals surface area (Å²) in [7, 11) is -3.36. The van der Waals surface area contributed by atoms with Gasteiger partial charge in [0.15, 0.2) is 0 Å². The Morgan fingerprint density at radius 2 is 1.85 bits per heavy atom. The number of aryl methyl sites for hydroxylation is 1. The van der Waals surface area contributed by atoms with E-state index in [0.29, 0.717) is 11.4 Å². The number of benzene rings is 1. The minimum Gasteiger partial charge on any atom is -0.207 e. The lowest BCUT2D eigenvalue weighted by molar-refractivity contribution is 0.359. The Hall–Kier alpha value is -0.870. The highest BCUT2D eigenvalue weighted by Gasteiger charge is 2.43. The fourth-order valence-electron chi connectivity index (χ4n) is 3.06. The van der Waals surface area contributed by atoms with Gasteiger partial charge in [-0.15, -0.1) is 0 Å². The fraction of sp³-hybridized carbons (Fsp3) is 0.625. The SMILES string of the molecule is CCCC1CC(C)(C)CN1S(=O)(=O)c1ccc(C)cc1. The van der Waals surface area contributed by atoms with Gasteiger partial charge in [0.1, 0.15) is 0 Å². The maximum Gasteiger partial charge on any atom is 0.243 e. The van der Waals surface area contributed by atoms with Crippen LogP contribution in [0.5, 0.6) is 0 Å². The molecule has 1 aromatic rings. The van der Waals surface area contributed by atoms with Crippen molar-refractivity contribution in [3.05, 3.63) is 29.8 Å². The molecule has 0 radical (unpaired) electrons. The van der Waals surface area contributed by atoms with E-state index in [1.165, 1.54) is 0 Å². The molecule has 0 N–H and O–H groups in total. The van der Waals surface area contributed by atoms with Crippen LogP contribution in [-0.4, -0.2) is 25.3 Å². The van der Waals surface area contributed by atoms with E-state index in [0.717, 1.165) is 24.8 Å². The number of nitrogens with zero attached hydrogens (tertiary/aromatic N) is 1. The maximum absolute atomic E-state index is 12.8. The number of hydrogen-bond acceptors (Lipinski definition) is 2. The fourth-order valence-corrected chi connectivity index (χ4v) is 4.90. The van der Waals surface area contributed by atoms with Crippen LogP contribution in [0, 0.1) is 12.3 Å². The van der Waals surface area contributed by atoms with Crippen LogP contribution in [0.4, 0.5) is 0 Å². The van der Waals surface area contributed by atoms with Crippen LogP contribution in [-0.2, 0) is 10.0 Å². The molecule has 1 fully saturated rings. The van der Waals surface area contributed by atoms with E-state index in [1.807, 2.05) is 19.1 Å². The van der Waals surface area contributed by atoms with Gasteiger partial charge in [0.05, 0.1) is 4.90 Å². The third kappa shape index (κ3) is 3.07. The minimum absolute atomic E-state index is 0.0671. The molecule has 0 amide bonds. The average molecular weight is 295 g/mol. The summed E-state index contributed by atoms with van der Waals surface area (Å²) in [4.78, 5) is 0.418. The van der Waals surface area contributed by atoms with Crippen molar-refractivity contribution < 1.29 is 8.42 Å². The molecule has 0 spiro atoms. The Bertz CT molecular complexity index is 561. The van der Waals surface area contributed by atoms with Gasteiger partial charge in [-0.3, -0.25) is 0 Å². The first kappa shape index (κ1) is 15.5. The highest BCUT2D eigenvalue weighted by Crippen LogP contribution is 2.39. The predicted octanol–water partition coefficient (Wildman–Crippen LogP) is 3.58. The van der Waals surface area contributed by atoms with E-state index in [-0.39, 0.29) is 11.5 Å². The average Bonchev–Trinajstić information content (AvgIpc) is 2.66. The Labute approximate surface area is 123 Å². The Kier molecular flexibility index (Phi) is 4.26. The monoisotopic (exact) mass is 295 g/mol. The van der Waals surface area contributed by atoms with E-state index in [2.05, 4.69) is 20.8 Å². The van der Waals surface area contributed by atoms with Gasteiger partial charge in [0.25, 0.3) is 0 Å². The Balaban J connectivity index is 2.34. The maximum atomic E-state index is 12.8. The first-order valence-electron chi connectivity index (χ1n) is 7.35. The summed E-state index contributed by atoms with van der Waals surface area (Å²) < 4.78 is 27.4. The van der Waals surface area contributed by atoms with E-state index in [9.17, 15) is 8.42 Å². The van der Waals surface area contributed by atoms with Crippen LogP contribution in [0.2, 0.25) is 0 Å².